The van der Waals surface area contributed by atoms with Gasteiger partial charge in [0.05, 0.1) is 11.1 Å². The van der Waals surface area contributed by atoms with Crippen LogP contribution in [0.4, 0.5) is 11.4 Å². The minimum absolute atomic E-state index is 0.0112. The number of aromatic nitrogens is 2. The maximum absolute atomic E-state index is 11.4. The van der Waals surface area contributed by atoms with Crippen molar-refractivity contribution in [2.45, 2.75) is 18.4 Å². The lowest BCUT2D eigenvalue weighted by atomic mass is 10.2. The highest BCUT2D eigenvalue weighted by atomic mass is 32.2. The average molecular weight is 295 g/mol. The Balaban J connectivity index is 2.22. The van der Waals surface area contributed by atoms with Gasteiger partial charge in [-0.05, 0) is 25.1 Å². The van der Waals surface area contributed by atoms with Crippen molar-refractivity contribution in [2.75, 3.05) is 11.1 Å². The number of rotatable bonds is 4. The van der Waals surface area contributed by atoms with Gasteiger partial charge in [-0.2, -0.15) is 5.10 Å². The van der Waals surface area contributed by atoms with E-state index in [0.717, 1.165) is 11.3 Å². The van der Waals surface area contributed by atoms with Crippen LogP contribution in [0.15, 0.2) is 29.3 Å². The average Bonchev–Trinajstić information content (AvgIpc) is 2.66. The Labute approximate surface area is 117 Å². The van der Waals surface area contributed by atoms with Gasteiger partial charge >= 0.3 is 0 Å². The SMILES string of the molecule is Cc1c(CNc2cc(N)cc(S(N)(=O)=O)c2)cnn1C. The molecule has 5 N–H and O–H groups in total. The predicted molar refractivity (Wildman–Crippen MR) is 77.5 cm³/mol. The first-order valence-corrected chi connectivity index (χ1v) is 7.47. The minimum atomic E-state index is -3.77. The van der Waals surface area contributed by atoms with Gasteiger partial charge in [0.1, 0.15) is 0 Å². The highest BCUT2D eigenvalue weighted by Crippen LogP contribution is 2.20. The molecule has 0 aliphatic heterocycles. The minimum Gasteiger partial charge on any atom is -0.399 e. The van der Waals surface area contributed by atoms with Crippen molar-refractivity contribution in [2.24, 2.45) is 12.2 Å². The van der Waals surface area contributed by atoms with Crippen molar-refractivity contribution in [3.63, 3.8) is 0 Å². The van der Waals surface area contributed by atoms with Gasteiger partial charge in [-0.15, -0.1) is 0 Å². The van der Waals surface area contributed by atoms with Crippen molar-refractivity contribution in [3.05, 3.63) is 35.7 Å². The number of nitrogen functional groups attached to an aromatic ring is 1. The summed E-state index contributed by atoms with van der Waals surface area (Å²) < 4.78 is 24.5. The molecular formula is C12H17N5O2S. The molecule has 2 rings (SSSR count). The van der Waals surface area contributed by atoms with E-state index in [0.29, 0.717) is 17.9 Å². The maximum atomic E-state index is 11.4. The largest absolute Gasteiger partial charge is 0.399 e. The molecule has 1 heterocycles. The molecule has 0 aliphatic rings. The van der Waals surface area contributed by atoms with Gasteiger partial charge in [0.2, 0.25) is 10.0 Å². The first kappa shape index (κ1) is 14.4. The summed E-state index contributed by atoms with van der Waals surface area (Å²) in [5.41, 5.74) is 8.67. The van der Waals surface area contributed by atoms with Crippen molar-refractivity contribution in [1.29, 1.82) is 0 Å². The maximum Gasteiger partial charge on any atom is 0.238 e. The van der Waals surface area contributed by atoms with E-state index in [1.54, 1.807) is 16.9 Å². The van der Waals surface area contributed by atoms with E-state index in [-0.39, 0.29) is 4.90 Å². The summed E-state index contributed by atoms with van der Waals surface area (Å²) >= 11 is 0. The lowest BCUT2D eigenvalue weighted by molar-refractivity contribution is 0.598. The van der Waals surface area contributed by atoms with Crippen LogP contribution in [0.1, 0.15) is 11.3 Å². The third-order valence-corrected chi connectivity index (χ3v) is 3.97. The lowest BCUT2D eigenvalue weighted by Gasteiger charge is -2.09. The Kier molecular flexibility index (Phi) is 3.69. The van der Waals surface area contributed by atoms with Crippen LogP contribution in [0.25, 0.3) is 0 Å². The second-order valence-electron chi connectivity index (χ2n) is 4.57. The molecule has 1 aromatic carbocycles. The Morgan fingerprint density at radius 3 is 2.60 bits per heavy atom. The van der Waals surface area contributed by atoms with Gasteiger partial charge in [0.25, 0.3) is 0 Å². The lowest BCUT2D eigenvalue weighted by Crippen LogP contribution is -2.13. The molecule has 0 atom stereocenters. The van der Waals surface area contributed by atoms with Crippen LogP contribution in [-0.2, 0) is 23.6 Å². The van der Waals surface area contributed by atoms with Gasteiger partial charge in [-0.25, -0.2) is 13.6 Å². The van der Waals surface area contributed by atoms with Crippen LogP contribution >= 0.6 is 0 Å². The van der Waals surface area contributed by atoms with Gasteiger partial charge in [-0.3, -0.25) is 4.68 Å². The Morgan fingerprint density at radius 1 is 1.35 bits per heavy atom. The van der Waals surface area contributed by atoms with Crippen LogP contribution in [0.3, 0.4) is 0 Å². The van der Waals surface area contributed by atoms with Gasteiger partial charge in [0, 0.05) is 36.2 Å². The Hall–Kier alpha value is -2.06. The first-order chi connectivity index (χ1) is 9.27. The summed E-state index contributed by atoms with van der Waals surface area (Å²) in [5, 5.41) is 12.4. The standard InChI is InChI=1S/C12H17N5O2S/c1-8-9(7-16-17(8)2)6-15-11-3-10(13)4-12(5-11)20(14,18)19/h3-5,7,15H,6,13H2,1-2H3,(H2,14,18,19). The number of aryl methyl sites for hydroxylation is 1. The number of sulfonamides is 1. The summed E-state index contributed by atoms with van der Waals surface area (Å²) in [4.78, 5) is -0.0112. The molecule has 0 unspecified atom stereocenters. The van der Waals surface area contributed by atoms with Gasteiger partial charge < -0.3 is 11.1 Å². The number of nitrogens with two attached hydrogens (primary N) is 2. The van der Waals surface area contributed by atoms with Gasteiger partial charge in [0.15, 0.2) is 0 Å². The molecule has 0 aliphatic carbocycles. The second kappa shape index (κ2) is 5.14. The molecule has 0 saturated carbocycles. The number of hydrogen-bond acceptors (Lipinski definition) is 5. The number of primary sulfonamides is 1. The van der Waals surface area contributed by atoms with E-state index < -0.39 is 10.0 Å². The molecular weight excluding hydrogens is 278 g/mol. The fraction of sp³-hybridized carbons (Fsp3) is 0.250. The summed E-state index contributed by atoms with van der Waals surface area (Å²) in [7, 11) is -1.91. The number of hydrogen-bond donors (Lipinski definition) is 3. The van der Waals surface area contributed by atoms with E-state index in [4.69, 9.17) is 10.9 Å². The summed E-state index contributed by atoms with van der Waals surface area (Å²) in [5.74, 6) is 0. The molecule has 0 amide bonds. The third kappa shape index (κ3) is 3.09. The van der Waals surface area contributed by atoms with E-state index in [1.807, 2.05) is 14.0 Å². The van der Waals surface area contributed by atoms with E-state index in [9.17, 15) is 8.42 Å². The molecule has 20 heavy (non-hydrogen) atoms. The summed E-state index contributed by atoms with van der Waals surface area (Å²) in [6.45, 7) is 2.48. The number of nitrogens with one attached hydrogen (secondary N) is 1. The molecule has 108 valence electrons. The van der Waals surface area contributed by atoms with Crippen LogP contribution in [-0.4, -0.2) is 18.2 Å². The van der Waals surface area contributed by atoms with E-state index in [2.05, 4.69) is 10.4 Å². The molecule has 8 heteroatoms. The smallest absolute Gasteiger partial charge is 0.238 e. The zero-order valence-electron chi connectivity index (χ0n) is 11.3. The molecule has 0 fully saturated rings. The van der Waals surface area contributed by atoms with Crippen molar-refractivity contribution in [3.8, 4) is 0 Å². The second-order valence-corrected chi connectivity index (χ2v) is 6.13. The van der Waals surface area contributed by atoms with E-state index in [1.165, 1.54) is 12.1 Å². The zero-order valence-corrected chi connectivity index (χ0v) is 12.1. The summed E-state index contributed by atoms with van der Waals surface area (Å²) in [6, 6.07) is 4.44. The molecule has 0 spiro atoms. The molecule has 1 aromatic heterocycles. The highest BCUT2D eigenvalue weighted by molar-refractivity contribution is 7.89. The normalized spacial score (nSPS) is 11.6. The predicted octanol–water partition coefficient (Wildman–Crippen LogP) is 0.570. The monoisotopic (exact) mass is 295 g/mol. The van der Waals surface area contributed by atoms with Crippen LogP contribution in [0, 0.1) is 6.92 Å². The topological polar surface area (TPSA) is 116 Å². The Morgan fingerprint density at radius 2 is 2.05 bits per heavy atom. The van der Waals surface area contributed by atoms with Gasteiger partial charge in [-0.1, -0.05) is 0 Å². The van der Waals surface area contributed by atoms with Crippen LogP contribution in [0.5, 0.6) is 0 Å². The molecule has 2 aromatic rings. The third-order valence-electron chi connectivity index (χ3n) is 3.08. The highest BCUT2D eigenvalue weighted by Gasteiger charge is 2.10. The van der Waals surface area contributed by atoms with E-state index >= 15 is 0 Å². The molecule has 0 radical (unpaired) electrons. The quantitative estimate of drug-likeness (QED) is 0.713. The zero-order chi connectivity index (χ0) is 14.9. The molecule has 0 saturated heterocycles. The van der Waals surface area contributed by atoms with Crippen molar-refractivity contribution in [1.82, 2.24) is 9.78 Å². The summed E-state index contributed by atoms with van der Waals surface area (Å²) in [6.07, 6.45) is 1.76. The number of benzene rings is 1. The fourth-order valence-electron chi connectivity index (χ4n) is 1.80. The molecule has 7 nitrogen and oxygen atoms in total. The van der Waals surface area contributed by atoms with Crippen LogP contribution < -0.4 is 16.2 Å². The number of nitrogens with zero attached hydrogens (tertiary/aromatic N) is 2. The Bertz CT molecular complexity index is 736. The fourth-order valence-corrected chi connectivity index (χ4v) is 2.39. The van der Waals surface area contributed by atoms with Crippen LogP contribution in [0.2, 0.25) is 0 Å². The van der Waals surface area contributed by atoms with Crippen molar-refractivity contribution >= 4 is 21.4 Å². The van der Waals surface area contributed by atoms with Crippen molar-refractivity contribution < 1.29 is 8.42 Å². The first-order valence-electron chi connectivity index (χ1n) is 5.92. The molecule has 0 bridgehead atoms. The number of anilines is 2.